The SMILES string of the molecule is CP(C)(=O)c1c(N)ccc2nccnc12.C[P+](C)=O.Nc1ccc2nccnc2c1I. The molecule has 31 heavy (non-hydrogen) atoms. The van der Waals surface area contributed by atoms with E-state index in [0.29, 0.717) is 16.5 Å². The quantitative estimate of drug-likeness (QED) is 0.196. The van der Waals surface area contributed by atoms with Gasteiger partial charge in [-0.25, -0.2) is 0 Å². The van der Waals surface area contributed by atoms with Crippen molar-refractivity contribution in [2.24, 2.45) is 0 Å². The van der Waals surface area contributed by atoms with Crippen LogP contribution in [-0.4, -0.2) is 46.6 Å². The summed E-state index contributed by atoms with van der Waals surface area (Å²) in [7, 11) is -3.30. The Morgan fingerprint density at radius 2 is 1.23 bits per heavy atom. The van der Waals surface area contributed by atoms with Crippen LogP contribution in [0.4, 0.5) is 11.4 Å². The van der Waals surface area contributed by atoms with E-state index in [0.717, 1.165) is 25.8 Å². The third-order valence-corrected chi connectivity index (χ3v) is 6.47. The van der Waals surface area contributed by atoms with Gasteiger partial charge in [-0.3, -0.25) is 19.9 Å². The molecule has 0 aliphatic rings. The fraction of sp³-hybridized carbons (Fsp3) is 0.200. The summed E-state index contributed by atoms with van der Waals surface area (Å²) in [5.41, 5.74) is 16.0. The van der Waals surface area contributed by atoms with Gasteiger partial charge in [0.1, 0.15) is 31.5 Å². The van der Waals surface area contributed by atoms with Crippen LogP contribution in [0.25, 0.3) is 22.1 Å². The Bertz CT molecular complexity index is 1280. The molecule has 0 aliphatic carbocycles. The van der Waals surface area contributed by atoms with Gasteiger partial charge < -0.3 is 16.0 Å². The summed E-state index contributed by atoms with van der Waals surface area (Å²) in [4.78, 5) is 16.7. The molecule has 0 unspecified atom stereocenters. The Morgan fingerprint density at radius 3 is 1.74 bits per heavy atom. The molecule has 11 heteroatoms. The maximum absolute atomic E-state index is 12.1. The highest BCUT2D eigenvalue weighted by molar-refractivity contribution is 14.1. The number of rotatable bonds is 1. The van der Waals surface area contributed by atoms with E-state index in [1.165, 1.54) is 0 Å². The van der Waals surface area contributed by atoms with Crippen molar-refractivity contribution in [3.63, 3.8) is 0 Å². The number of anilines is 2. The molecular weight excluding hydrogens is 545 g/mol. The lowest BCUT2D eigenvalue weighted by atomic mass is 10.2. The zero-order chi connectivity index (χ0) is 23.2. The van der Waals surface area contributed by atoms with Gasteiger partial charge in [-0.1, -0.05) is 4.57 Å². The van der Waals surface area contributed by atoms with Crippen molar-refractivity contribution >= 4 is 76.3 Å². The predicted molar refractivity (Wildman–Crippen MR) is 139 cm³/mol. The summed E-state index contributed by atoms with van der Waals surface area (Å²) in [6.07, 6.45) is 6.54. The molecule has 4 N–H and O–H groups in total. The van der Waals surface area contributed by atoms with Crippen molar-refractivity contribution in [3.05, 3.63) is 52.6 Å². The highest BCUT2D eigenvalue weighted by Crippen LogP contribution is 2.39. The lowest BCUT2D eigenvalue weighted by Crippen LogP contribution is -2.12. The minimum Gasteiger partial charge on any atom is -0.398 e. The summed E-state index contributed by atoms with van der Waals surface area (Å²) in [5, 5.41) is 0.633. The van der Waals surface area contributed by atoms with Crippen molar-refractivity contribution < 1.29 is 9.13 Å². The third-order valence-electron chi connectivity index (χ3n) is 3.79. The molecule has 0 fully saturated rings. The van der Waals surface area contributed by atoms with Crippen LogP contribution in [0.15, 0.2) is 49.1 Å². The van der Waals surface area contributed by atoms with Gasteiger partial charge in [-0.15, -0.1) is 0 Å². The number of fused-ring (bicyclic) bond motifs is 2. The Hall–Kier alpha value is -2.22. The first-order valence-electron chi connectivity index (χ1n) is 9.06. The van der Waals surface area contributed by atoms with Crippen molar-refractivity contribution in [2.45, 2.75) is 0 Å². The monoisotopic (exact) mass is 569 g/mol. The average Bonchev–Trinajstić information content (AvgIpc) is 2.70. The van der Waals surface area contributed by atoms with E-state index in [2.05, 4.69) is 42.5 Å². The van der Waals surface area contributed by atoms with Crippen molar-refractivity contribution in [3.8, 4) is 0 Å². The van der Waals surface area contributed by atoms with Gasteiger partial charge in [0.05, 0.1) is 19.9 Å². The zero-order valence-corrected chi connectivity index (χ0v) is 21.6. The lowest BCUT2D eigenvalue weighted by molar-refractivity contribution is 0.588. The van der Waals surface area contributed by atoms with E-state index in [4.69, 9.17) is 11.5 Å². The largest absolute Gasteiger partial charge is 0.398 e. The van der Waals surface area contributed by atoms with Crippen LogP contribution in [0.3, 0.4) is 0 Å². The van der Waals surface area contributed by atoms with E-state index in [1.807, 2.05) is 12.1 Å². The number of halogens is 1. The second-order valence-corrected chi connectivity index (χ2v) is 12.8. The van der Waals surface area contributed by atoms with E-state index >= 15 is 0 Å². The summed E-state index contributed by atoms with van der Waals surface area (Å²) in [6.45, 7) is 6.73. The molecule has 0 amide bonds. The normalized spacial score (nSPS) is 10.6. The van der Waals surface area contributed by atoms with E-state index in [-0.39, 0.29) is 0 Å². The number of aromatic nitrogens is 4. The van der Waals surface area contributed by atoms with Crippen LogP contribution in [0.1, 0.15) is 0 Å². The first-order chi connectivity index (χ1) is 14.5. The summed E-state index contributed by atoms with van der Waals surface area (Å²) in [5.74, 6) is 0. The van der Waals surface area contributed by atoms with E-state index < -0.39 is 14.9 Å². The predicted octanol–water partition coefficient (Wildman–Crippen LogP) is 4.35. The molecule has 162 valence electrons. The van der Waals surface area contributed by atoms with Crippen molar-refractivity contribution in [1.82, 2.24) is 19.9 Å². The molecule has 2 aromatic heterocycles. The van der Waals surface area contributed by atoms with Crippen LogP contribution in [0.5, 0.6) is 0 Å². The average molecular weight is 569 g/mol. The van der Waals surface area contributed by atoms with Crippen molar-refractivity contribution in [2.75, 3.05) is 38.1 Å². The Morgan fingerprint density at radius 1 is 0.806 bits per heavy atom. The van der Waals surface area contributed by atoms with Crippen LogP contribution < -0.4 is 16.8 Å². The maximum Gasteiger partial charge on any atom is 0.332 e. The fourth-order valence-electron chi connectivity index (χ4n) is 2.62. The summed E-state index contributed by atoms with van der Waals surface area (Å²) in [6, 6.07) is 7.24. The van der Waals surface area contributed by atoms with Crippen LogP contribution in [0.2, 0.25) is 0 Å². The molecule has 8 nitrogen and oxygen atoms in total. The Kier molecular flexibility index (Phi) is 8.79. The smallest absolute Gasteiger partial charge is 0.332 e. The van der Waals surface area contributed by atoms with Gasteiger partial charge in [-0.2, -0.15) is 0 Å². The molecule has 0 bridgehead atoms. The molecule has 0 saturated heterocycles. The summed E-state index contributed by atoms with van der Waals surface area (Å²) >= 11 is 2.18. The number of nitrogen functional groups attached to an aromatic ring is 2. The minimum absolute atomic E-state index is 0.524. The summed E-state index contributed by atoms with van der Waals surface area (Å²) < 4.78 is 22.7. The van der Waals surface area contributed by atoms with Gasteiger partial charge in [0.25, 0.3) is 0 Å². The molecule has 4 rings (SSSR count). The fourth-order valence-corrected chi connectivity index (χ4v) is 4.60. The highest BCUT2D eigenvalue weighted by Gasteiger charge is 2.19. The molecular formula is C20H24IN6O2P2+. The molecule has 0 aliphatic heterocycles. The molecule has 4 aromatic rings. The Balaban J connectivity index is 0.000000192. The molecule has 2 heterocycles. The highest BCUT2D eigenvalue weighted by atomic mass is 127. The van der Waals surface area contributed by atoms with Crippen LogP contribution >= 0.6 is 37.5 Å². The molecule has 0 spiro atoms. The van der Waals surface area contributed by atoms with Gasteiger partial charge in [0.15, 0.2) is 0 Å². The molecule has 2 aromatic carbocycles. The van der Waals surface area contributed by atoms with Gasteiger partial charge in [0.2, 0.25) is 0 Å². The van der Waals surface area contributed by atoms with E-state index in [1.54, 1.807) is 63.6 Å². The van der Waals surface area contributed by atoms with Crippen LogP contribution in [-0.2, 0) is 9.13 Å². The maximum atomic E-state index is 12.1. The number of hydrogen-bond acceptors (Lipinski definition) is 8. The van der Waals surface area contributed by atoms with Gasteiger partial charge in [0, 0.05) is 36.2 Å². The zero-order valence-electron chi connectivity index (χ0n) is 17.7. The second kappa shape index (κ2) is 10.9. The number of nitrogens with two attached hydrogens (primary N) is 2. The first-order valence-corrected chi connectivity index (χ1v) is 14.9. The van der Waals surface area contributed by atoms with Gasteiger partial charge >= 0.3 is 7.80 Å². The van der Waals surface area contributed by atoms with E-state index in [9.17, 15) is 9.13 Å². The Labute approximate surface area is 195 Å². The molecule has 0 radical (unpaired) electrons. The van der Waals surface area contributed by atoms with Crippen LogP contribution in [0, 0.1) is 3.57 Å². The third kappa shape index (κ3) is 6.89. The lowest BCUT2D eigenvalue weighted by Gasteiger charge is -2.12. The topological polar surface area (TPSA) is 138 Å². The first kappa shape index (κ1) is 25.0. The number of benzene rings is 2. The minimum atomic E-state index is -2.43. The molecule has 0 saturated carbocycles. The number of nitrogens with zero attached hydrogens (tertiary/aromatic N) is 4. The standard InChI is InChI=1S/C10H12N3OP.C8H6IN3.C2H6OP/c1-15(2,14)10-7(11)3-4-8-9(10)13-6-5-12-8;9-7-5(10)1-2-6-8(7)12-4-3-11-6;1-4(2)3/h3-6H,11H2,1-2H3;1-4H,10H2;1-2H3/q;;+1. The second-order valence-electron chi connectivity index (χ2n) is 6.98. The van der Waals surface area contributed by atoms with Gasteiger partial charge in [-0.05, 0) is 60.2 Å². The molecule has 0 atom stereocenters. The van der Waals surface area contributed by atoms with Crippen molar-refractivity contribution in [1.29, 1.82) is 0 Å². The number of hydrogen-bond donors (Lipinski definition) is 2.